The number of hydrogen-bond acceptors (Lipinski definition) is 5. The molecule has 6 nitrogen and oxygen atoms in total. The predicted molar refractivity (Wildman–Crippen MR) is 89.1 cm³/mol. The number of amides is 1. The zero-order valence-corrected chi connectivity index (χ0v) is 13.9. The van der Waals surface area contributed by atoms with Gasteiger partial charge in [-0.15, -0.1) is 0 Å². The monoisotopic (exact) mass is 331 g/mol. The molecule has 130 valence electrons. The largest absolute Gasteiger partial charge is 0.490 e. The molecule has 2 heterocycles. The highest BCUT2D eigenvalue weighted by Crippen LogP contribution is 2.49. The van der Waals surface area contributed by atoms with Crippen LogP contribution in [0.4, 0.5) is 4.79 Å². The summed E-state index contributed by atoms with van der Waals surface area (Å²) < 4.78 is 11.1. The van der Waals surface area contributed by atoms with Crippen molar-refractivity contribution in [3.8, 4) is 5.75 Å². The van der Waals surface area contributed by atoms with Gasteiger partial charge in [-0.1, -0.05) is 0 Å². The third-order valence-electron chi connectivity index (χ3n) is 5.08. The van der Waals surface area contributed by atoms with E-state index in [4.69, 9.17) is 9.47 Å². The van der Waals surface area contributed by atoms with Crippen LogP contribution in [-0.2, 0) is 4.74 Å². The lowest BCUT2D eigenvalue weighted by Gasteiger charge is -2.27. The molecule has 4 rings (SSSR count). The normalized spacial score (nSPS) is 27.9. The lowest BCUT2D eigenvalue weighted by atomic mass is 10.1. The Morgan fingerprint density at radius 1 is 1.33 bits per heavy atom. The van der Waals surface area contributed by atoms with Gasteiger partial charge in [0, 0.05) is 18.3 Å². The Labute approximate surface area is 142 Å². The number of carbonyl (C=O) groups excluding carboxylic acids is 1. The number of rotatable bonds is 8. The van der Waals surface area contributed by atoms with Crippen LogP contribution in [0, 0.1) is 5.92 Å². The minimum absolute atomic E-state index is 0.267. The first-order valence-corrected chi connectivity index (χ1v) is 9.02. The van der Waals surface area contributed by atoms with E-state index >= 15 is 0 Å². The molecule has 2 saturated carbocycles. The van der Waals surface area contributed by atoms with E-state index in [-0.39, 0.29) is 6.09 Å². The highest BCUT2D eigenvalue weighted by molar-refractivity contribution is 5.67. The first-order valence-electron chi connectivity index (χ1n) is 9.02. The highest BCUT2D eigenvalue weighted by atomic mass is 16.5. The molecule has 3 aliphatic rings. The molecule has 1 saturated heterocycles. The molecule has 1 aromatic rings. The van der Waals surface area contributed by atoms with Crippen molar-refractivity contribution in [1.29, 1.82) is 0 Å². The summed E-state index contributed by atoms with van der Waals surface area (Å²) in [5, 5.41) is 6.17. The van der Waals surface area contributed by atoms with Crippen molar-refractivity contribution in [2.24, 2.45) is 5.92 Å². The summed E-state index contributed by atoms with van der Waals surface area (Å²) in [6, 6.07) is 2.95. The van der Waals surface area contributed by atoms with Crippen LogP contribution in [0.15, 0.2) is 18.5 Å². The molecule has 24 heavy (non-hydrogen) atoms. The lowest BCUT2D eigenvalue weighted by Crippen LogP contribution is -2.46. The third-order valence-corrected chi connectivity index (χ3v) is 5.08. The van der Waals surface area contributed by atoms with Crippen molar-refractivity contribution in [1.82, 2.24) is 15.6 Å². The van der Waals surface area contributed by atoms with E-state index in [9.17, 15) is 4.79 Å². The topological polar surface area (TPSA) is 72.5 Å². The van der Waals surface area contributed by atoms with Crippen molar-refractivity contribution >= 4 is 6.09 Å². The average molecular weight is 331 g/mol. The molecule has 0 aromatic carbocycles. The minimum Gasteiger partial charge on any atom is -0.490 e. The van der Waals surface area contributed by atoms with Crippen molar-refractivity contribution < 1.29 is 14.3 Å². The maximum atomic E-state index is 11.5. The van der Waals surface area contributed by atoms with E-state index in [0.29, 0.717) is 37.1 Å². The summed E-state index contributed by atoms with van der Waals surface area (Å²) in [7, 11) is 0. The average Bonchev–Trinajstić information content (AvgIpc) is 3.42. The van der Waals surface area contributed by atoms with Crippen molar-refractivity contribution in [3.63, 3.8) is 0 Å². The van der Waals surface area contributed by atoms with Crippen LogP contribution in [0.25, 0.3) is 0 Å². The molecule has 2 aliphatic carbocycles. The summed E-state index contributed by atoms with van der Waals surface area (Å²) in [5.74, 6) is 1.97. The Bertz CT molecular complexity index is 587. The molecule has 1 aliphatic heterocycles. The summed E-state index contributed by atoms with van der Waals surface area (Å²) in [6.07, 6.45) is 8.86. The van der Waals surface area contributed by atoms with Crippen LogP contribution >= 0.6 is 0 Å². The second kappa shape index (κ2) is 6.97. The first-order chi connectivity index (χ1) is 11.8. The van der Waals surface area contributed by atoms with Gasteiger partial charge in [0.15, 0.2) is 0 Å². The predicted octanol–water partition coefficient (Wildman–Crippen LogP) is 2.20. The van der Waals surface area contributed by atoms with Crippen LogP contribution in [0.5, 0.6) is 5.75 Å². The fourth-order valence-corrected chi connectivity index (χ4v) is 3.12. The first kappa shape index (κ1) is 15.7. The van der Waals surface area contributed by atoms with Crippen LogP contribution < -0.4 is 15.4 Å². The number of alkyl carbamates (subject to hydrolysis) is 1. The summed E-state index contributed by atoms with van der Waals surface area (Å²) in [5.41, 5.74) is 1.24. The molecule has 1 aromatic heterocycles. The molecule has 0 radical (unpaired) electrons. The van der Waals surface area contributed by atoms with Gasteiger partial charge in [0.25, 0.3) is 0 Å². The maximum Gasteiger partial charge on any atom is 0.407 e. The van der Waals surface area contributed by atoms with E-state index in [2.05, 4.69) is 21.7 Å². The van der Waals surface area contributed by atoms with E-state index < -0.39 is 0 Å². The second-order valence-corrected chi connectivity index (χ2v) is 7.15. The van der Waals surface area contributed by atoms with Gasteiger partial charge in [0.1, 0.15) is 12.4 Å². The molecule has 6 heteroatoms. The van der Waals surface area contributed by atoms with Gasteiger partial charge in [-0.2, -0.15) is 0 Å². The van der Waals surface area contributed by atoms with Gasteiger partial charge in [0.05, 0.1) is 12.8 Å². The summed E-state index contributed by atoms with van der Waals surface area (Å²) in [6.45, 7) is 2.30. The zero-order chi connectivity index (χ0) is 16.4. The Morgan fingerprint density at radius 2 is 2.21 bits per heavy atom. The Kier molecular flexibility index (Phi) is 4.56. The van der Waals surface area contributed by atoms with Crippen molar-refractivity contribution in [2.45, 2.75) is 50.1 Å². The van der Waals surface area contributed by atoms with Crippen LogP contribution in [-0.4, -0.2) is 42.9 Å². The zero-order valence-electron chi connectivity index (χ0n) is 13.9. The highest BCUT2D eigenvalue weighted by Gasteiger charge is 2.38. The molecular formula is C18H25N3O3. The molecule has 3 fully saturated rings. The summed E-state index contributed by atoms with van der Waals surface area (Å²) in [4.78, 5) is 15.8. The van der Waals surface area contributed by atoms with Crippen LogP contribution in [0.2, 0.25) is 0 Å². The van der Waals surface area contributed by atoms with Crippen LogP contribution in [0.1, 0.15) is 43.6 Å². The van der Waals surface area contributed by atoms with Gasteiger partial charge >= 0.3 is 6.09 Å². The number of ether oxygens (including phenoxy) is 2. The molecule has 2 N–H and O–H groups in total. The van der Waals surface area contributed by atoms with E-state index in [1.165, 1.54) is 12.0 Å². The van der Waals surface area contributed by atoms with Crippen molar-refractivity contribution in [3.05, 3.63) is 24.0 Å². The fourth-order valence-electron chi connectivity index (χ4n) is 3.12. The molecule has 0 bridgehead atoms. The van der Waals surface area contributed by atoms with E-state index in [0.717, 1.165) is 38.0 Å². The van der Waals surface area contributed by atoms with E-state index in [1.54, 1.807) is 6.20 Å². The molecular weight excluding hydrogens is 306 g/mol. The van der Waals surface area contributed by atoms with Gasteiger partial charge in [-0.3, -0.25) is 4.98 Å². The fraction of sp³-hybridized carbons (Fsp3) is 0.667. The van der Waals surface area contributed by atoms with Crippen LogP contribution in [0.3, 0.4) is 0 Å². The molecule has 0 unspecified atom stereocenters. The smallest absolute Gasteiger partial charge is 0.407 e. The Morgan fingerprint density at radius 3 is 2.96 bits per heavy atom. The molecule has 0 spiro atoms. The second-order valence-electron chi connectivity index (χ2n) is 7.15. The lowest BCUT2D eigenvalue weighted by molar-refractivity contribution is 0.142. The molecule has 1 amide bonds. The Hall–Kier alpha value is -1.82. The number of carbonyl (C=O) groups is 1. The van der Waals surface area contributed by atoms with E-state index in [1.807, 2.05) is 6.20 Å². The number of nitrogens with one attached hydrogen (secondary N) is 2. The minimum atomic E-state index is -0.267. The number of nitrogens with zero attached hydrogens (tertiary/aromatic N) is 1. The number of pyridine rings is 1. The maximum absolute atomic E-state index is 11.5. The van der Waals surface area contributed by atoms with Gasteiger partial charge in [-0.05, 0) is 62.1 Å². The standard InChI is InChI=1S/C18H25N3O3/c22-18(21-14-1-2-14)23-6-4-12-8-17(12)13-7-16(10-19-9-13)24-11-15-3-5-20-15/h7,9-10,12,14-15,17,20H,1-6,8,11H2,(H,21,22)/t12-,15-,17-/m0/s1. The SMILES string of the molecule is O=C(NC1CC1)OCC[C@H]1C[C@@H]1c1cncc(OC[C@@H]2CCN2)c1. The third kappa shape index (κ3) is 4.17. The molecule has 3 atom stereocenters. The van der Waals surface area contributed by atoms with Crippen molar-refractivity contribution in [2.75, 3.05) is 19.8 Å². The number of hydrogen-bond donors (Lipinski definition) is 2. The summed E-state index contributed by atoms with van der Waals surface area (Å²) >= 11 is 0. The van der Waals surface area contributed by atoms with Gasteiger partial charge in [-0.25, -0.2) is 4.79 Å². The van der Waals surface area contributed by atoms with Gasteiger partial charge in [0.2, 0.25) is 0 Å². The quantitative estimate of drug-likeness (QED) is 0.764. The van der Waals surface area contributed by atoms with Gasteiger partial charge < -0.3 is 20.1 Å². The Balaban J connectivity index is 1.18. The number of aromatic nitrogens is 1.